The number of hydrogen-bond acceptors (Lipinski definition) is 5. The average Bonchev–Trinajstić information content (AvgIpc) is 2.79. The highest BCUT2D eigenvalue weighted by atomic mass is 32.2. The van der Waals surface area contributed by atoms with Gasteiger partial charge in [-0.25, -0.2) is 0 Å². The molecule has 29 heavy (non-hydrogen) atoms. The Morgan fingerprint density at radius 2 is 1.55 bits per heavy atom. The normalized spacial score (nSPS) is 11.4. The Labute approximate surface area is 179 Å². The molecule has 0 aliphatic rings. The summed E-state index contributed by atoms with van der Waals surface area (Å²) < 4.78 is 5.39. The first-order valence-corrected chi connectivity index (χ1v) is 10.7. The third-order valence-corrected chi connectivity index (χ3v) is 5.33. The van der Waals surface area contributed by atoms with Crippen LogP contribution in [0.2, 0.25) is 0 Å². The fraction of sp³-hybridized carbons (Fsp3) is 0.333. The van der Waals surface area contributed by atoms with Gasteiger partial charge < -0.3 is 20.7 Å². The van der Waals surface area contributed by atoms with Gasteiger partial charge in [0.15, 0.2) is 0 Å². The van der Waals surface area contributed by atoms with Crippen molar-refractivity contribution in [1.29, 1.82) is 0 Å². The van der Waals surface area contributed by atoms with Crippen LogP contribution in [0.1, 0.15) is 38.3 Å². The third kappa shape index (κ3) is 8.07. The molecule has 0 bridgehead atoms. The average molecular weight is 416 g/mol. The lowest BCUT2D eigenvalue weighted by atomic mass is 9.94. The number of ether oxygens (including phenoxy) is 1. The van der Waals surface area contributed by atoms with Gasteiger partial charge in [-0.1, -0.05) is 56.5 Å². The molecule has 0 heterocycles. The van der Waals surface area contributed by atoms with Crippen LogP contribution in [0.3, 0.4) is 0 Å². The van der Waals surface area contributed by atoms with E-state index in [0.717, 1.165) is 26.7 Å². The molecule has 2 rings (SSSR count). The molecule has 4 N–H and O–H groups in total. The Hall–Kier alpha value is -2.05. The number of benzene rings is 2. The SMILES string of the molecule is C=CO/C(=C\C)c1ccc(Sc2ccc(CCC(N)(CO)CO)cc2)cc1.CC. The van der Waals surface area contributed by atoms with Gasteiger partial charge in [-0.15, -0.1) is 0 Å². The van der Waals surface area contributed by atoms with Crippen molar-refractivity contribution >= 4 is 17.5 Å². The number of allylic oxidation sites excluding steroid dienone is 1. The van der Waals surface area contributed by atoms with Gasteiger partial charge in [0.25, 0.3) is 0 Å². The van der Waals surface area contributed by atoms with Crippen LogP contribution in [0.5, 0.6) is 0 Å². The summed E-state index contributed by atoms with van der Waals surface area (Å²) in [7, 11) is 0. The minimum Gasteiger partial charge on any atom is -0.465 e. The maximum absolute atomic E-state index is 9.27. The molecule has 0 fully saturated rings. The van der Waals surface area contributed by atoms with Gasteiger partial charge in [0.1, 0.15) is 5.76 Å². The van der Waals surface area contributed by atoms with Crippen molar-refractivity contribution in [2.24, 2.45) is 5.73 Å². The summed E-state index contributed by atoms with van der Waals surface area (Å²) in [4.78, 5) is 2.28. The summed E-state index contributed by atoms with van der Waals surface area (Å²) >= 11 is 1.69. The standard InChI is InChI=1S/C22H27NO3S.C2H6/c1-3-21(26-4-2)18-7-11-20(12-8-18)27-19-9-5-17(6-10-19)13-14-22(23,15-24)16-25;1-2/h3-12,24-25H,2,13-16,23H2,1H3;1-2H3/b21-3-;. The minimum absolute atomic E-state index is 0.222. The predicted molar refractivity (Wildman–Crippen MR) is 123 cm³/mol. The van der Waals surface area contributed by atoms with E-state index < -0.39 is 5.54 Å². The highest BCUT2D eigenvalue weighted by molar-refractivity contribution is 7.99. The maximum atomic E-state index is 9.27. The van der Waals surface area contributed by atoms with Crippen LogP contribution >= 0.6 is 11.8 Å². The van der Waals surface area contributed by atoms with E-state index in [4.69, 9.17) is 10.5 Å². The van der Waals surface area contributed by atoms with E-state index in [1.54, 1.807) is 11.8 Å². The molecule has 0 amide bonds. The zero-order valence-corrected chi connectivity index (χ0v) is 18.4. The molecule has 2 aromatic carbocycles. The summed E-state index contributed by atoms with van der Waals surface area (Å²) in [5.41, 5.74) is 7.14. The van der Waals surface area contributed by atoms with E-state index in [1.807, 2.05) is 39.0 Å². The zero-order valence-electron chi connectivity index (χ0n) is 17.6. The molecule has 0 aliphatic heterocycles. The van der Waals surface area contributed by atoms with Crippen LogP contribution < -0.4 is 5.73 Å². The number of hydrogen-bond donors (Lipinski definition) is 3. The van der Waals surface area contributed by atoms with Crippen molar-refractivity contribution < 1.29 is 14.9 Å². The second-order valence-corrected chi connectivity index (χ2v) is 7.53. The van der Waals surface area contributed by atoms with E-state index >= 15 is 0 Å². The molecular formula is C24H33NO3S. The molecular weight excluding hydrogens is 382 g/mol. The Bertz CT molecular complexity index is 751. The summed E-state index contributed by atoms with van der Waals surface area (Å²) in [5, 5.41) is 18.5. The third-order valence-electron chi connectivity index (χ3n) is 4.31. The highest BCUT2D eigenvalue weighted by Crippen LogP contribution is 2.29. The second-order valence-electron chi connectivity index (χ2n) is 6.39. The van der Waals surface area contributed by atoms with Gasteiger partial charge in [0, 0.05) is 15.4 Å². The van der Waals surface area contributed by atoms with Crippen molar-refractivity contribution in [3.63, 3.8) is 0 Å². The molecule has 2 aromatic rings. The monoisotopic (exact) mass is 415 g/mol. The highest BCUT2D eigenvalue weighted by Gasteiger charge is 2.22. The van der Waals surface area contributed by atoms with Crippen molar-refractivity contribution in [2.45, 2.75) is 48.9 Å². The summed E-state index contributed by atoms with van der Waals surface area (Å²) in [5.74, 6) is 0.785. The number of aliphatic hydroxyl groups is 2. The van der Waals surface area contributed by atoms with Crippen molar-refractivity contribution in [3.8, 4) is 0 Å². The van der Waals surface area contributed by atoms with Crippen LogP contribution in [0.25, 0.3) is 5.76 Å². The second kappa shape index (κ2) is 13.2. The molecule has 5 heteroatoms. The van der Waals surface area contributed by atoms with Crippen LogP contribution in [0.4, 0.5) is 0 Å². The van der Waals surface area contributed by atoms with Crippen molar-refractivity contribution in [1.82, 2.24) is 0 Å². The molecule has 158 valence electrons. The topological polar surface area (TPSA) is 75.7 Å². The predicted octanol–water partition coefficient (Wildman–Crippen LogP) is 5.00. The number of nitrogens with two attached hydrogens (primary N) is 1. The molecule has 0 unspecified atom stereocenters. The van der Waals surface area contributed by atoms with Crippen LogP contribution in [0, 0.1) is 0 Å². The van der Waals surface area contributed by atoms with E-state index in [9.17, 15) is 10.2 Å². The fourth-order valence-electron chi connectivity index (χ4n) is 2.54. The van der Waals surface area contributed by atoms with Gasteiger partial charge in [-0.2, -0.15) is 0 Å². The fourth-order valence-corrected chi connectivity index (χ4v) is 3.36. The van der Waals surface area contributed by atoms with E-state index in [1.165, 1.54) is 6.26 Å². The van der Waals surface area contributed by atoms with Gasteiger partial charge in [-0.3, -0.25) is 0 Å². The zero-order chi connectivity index (χ0) is 21.7. The molecule has 0 aliphatic carbocycles. The minimum atomic E-state index is -0.920. The quantitative estimate of drug-likeness (QED) is 0.476. The number of rotatable bonds is 10. The first-order chi connectivity index (χ1) is 14.0. The molecule has 0 radical (unpaired) electrons. The Morgan fingerprint density at radius 1 is 1.03 bits per heavy atom. The summed E-state index contributed by atoms with van der Waals surface area (Å²) in [6.45, 7) is 9.08. The summed E-state index contributed by atoms with van der Waals surface area (Å²) in [6.07, 6.45) is 4.59. The molecule has 0 aromatic heterocycles. The van der Waals surface area contributed by atoms with Gasteiger partial charge in [0.2, 0.25) is 0 Å². The molecule has 0 saturated heterocycles. The molecule has 0 saturated carbocycles. The van der Waals surface area contributed by atoms with Crippen LogP contribution in [-0.4, -0.2) is 29.0 Å². The maximum Gasteiger partial charge on any atom is 0.129 e. The van der Waals surface area contributed by atoms with E-state index in [0.29, 0.717) is 12.8 Å². The van der Waals surface area contributed by atoms with Crippen LogP contribution in [-0.2, 0) is 11.2 Å². The Morgan fingerprint density at radius 3 is 2.00 bits per heavy atom. The first-order valence-electron chi connectivity index (χ1n) is 9.85. The lowest BCUT2D eigenvalue weighted by molar-refractivity contribution is 0.115. The van der Waals surface area contributed by atoms with E-state index in [-0.39, 0.29) is 13.2 Å². The first kappa shape index (κ1) is 25.0. The van der Waals surface area contributed by atoms with Gasteiger partial charge in [0.05, 0.1) is 25.0 Å². The smallest absolute Gasteiger partial charge is 0.129 e. The lowest BCUT2D eigenvalue weighted by Gasteiger charge is -2.24. The van der Waals surface area contributed by atoms with Crippen molar-refractivity contribution in [3.05, 3.63) is 78.6 Å². The lowest BCUT2D eigenvalue weighted by Crippen LogP contribution is -2.47. The summed E-state index contributed by atoms with van der Waals surface area (Å²) in [6, 6.07) is 16.4. The molecule has 4 nitrogen and oxygen atoms in total. The van der Waals surface area contributed by atoms with Crippen LogP contribution in [0.15, 0.2) is 77.2 Å². The number of aliphatic hydroxyl groups excluding tert-OH is 2. The molecule has 0 atom stereocenters. The molecule has 0 spiro atoms. The van der Waals surface area contributed by atoms with Gasteiger partial charge >= 0.3 is 0 Å². The van der Waals surface area contributed by atoms with Gasteiger partial charge in [-0.05, 0) is 55.7 Å². The number of aryl methyl sites for hydroxylation is 1. The Balaban J connectivity index is 0.00000204. The van der Waals surface area contributed by atoms with E-state index in [2.05, 4.69) is 43.0 Å². The van der Waals surface area contributed by atoms with Crippen molar-refractivity contribution in [2.75, 3.05) is 13.2 Å². The largest absolute Gasteiger partial charge is 0.465 e. The Kier molecular flexibility index (Phi) is 11.4.